The molecule has 0 spiro atoms. The van der Waals surface area contributed by atoms with Gasteiger partial charge in [-0.1, -0.05) is 42.5 Å². The Hall–Kier alpha value is -4.27. The minimum atomic E-state index is -0.675. The van der Waals surface area contributed by atoms with Gasteiger partial charge in [-0.15, -0.1) is 0 Å². The van der Waals surface area contributed by atoms with E-state index in [4.69, 9.17) is 9.47 Å². The second-order valence-corrected chi connectivity index (χ2v) is 6.49. The van der Waals surface area contributed by atoms with Crippen molar-refractivity contribution in [2.24, 2.45) is 5.10 Å². The highest BCUT2D eigenvalue weighted by atomic mass is 16.6. The van der Waals surface area contributed by atoms with E-state index in [2.05, 4.69) is 10.5 Å². The molecule has 1 amide bonds. The second-order valence-electron chi connectivity index (χ2n) is 6.49. The number of nitrogens with zero attached hydrogens (tertiary/aromatic N) is 2. The summed E-state index contributed by atoms with van der Waals surface area (Å²) in [4.78, 5) is 34.4. The number of hydrazone groups is 1. The third-order valence-electron chi connectivity index (χ3n) is 4.39. The molecule has 158 valence electrons. The van der Waals surface area contributed by atoms with Gasteiger partial charge in [0, 0.05) is 6.92 Å². The molecule has 0 aliphatic heterocycles. The fourth-order valence-electron chi connectivity index (χ4n) is 3.13. The Morgan fingerprint density at radius 3 is 2.58 bits per heavy atom. The Bertz CT molecular complexity index is 1180. The molecule has 0 fully saturated rings. The van der Waals surface area contributed by atoms with Crippen molar-refractivity contribution >= 4 is 34.6 Å². The first-order chi connectivity index (χ1) is 14.9. The molecule has 3 aromatic rings. The molecule has 0 saturated heterocycles. The maximum atomic E-state index is 12.3. The van der Waals surface area contributed by atoms with Gasteiger partial charge < -0.3 is 9.47 Å². The van der Waals surface area contributed by atoms with E-state index in [0.29, 0.717) is 0 Å². The van der Waals surface area contributed by atoms with Gasteiger partial charge in [-0.2, -0.15) is 5.10 Å². The highest BCUT2D eigenvalue weighted by Crippen LogP contribution is 2.39. The molecule has 9 heteroatoms. The molecule has 3 rings (SSSR count). The van der Waals surface area contributed by atoms with Gasteiger partial charge in [0.25, 0.3) is 0 Å². The lowest BCUT2D eigenvalue weighted by atomic mass is 10.0. The summed E-state index contributed by atoms with van der Waals surface area (Å²) in [6.07, 6.45) is 1.23. The van der Waals surface area contributed by atoms with Crippen LogP contribution >= 0.6 is 0 Å². The quantitative estimate of drug-likeness (QED) is 0.205. The average Bonchev–Trinajstić information content (AvgIpc) is 2.74. The first-order valence-electron chi connectivity index (χ1n) is 9.23. The van der Waals surface area contributed by atoms with Gasteiger partial charge in [0.1, 0.15) is 0 Å². The zero-order valence-corrected chi connectivity index (χ0v) is 16.8. The van der Waals surface area contributed by atoms with E-state index in [1.807, 2.05) is 42.5 Å². The van der Waals surface area contributed by atoms with E-state index in [1.165, 1.54) is 26.2 Å². The number of hydrogen-bond acceptors (Lipinski definition) is 7. The van der Waals surface area contributed by atoms with Gasteiger partial charge in [-0.3, -0.25) is 19.7 Å². The van der Waals surface area contributed by atoms with Crippen molar-refractivity contribution in [3.8, 4) is 11.5 Å². The third-order valence-corrected chi connectivity index (χ3v) is 4.39. The summed E-state index contributed by atoms with van der Waals surface area (Å²) in [6, 6.07) is 16.1. The number of rotatable bonds is 7. The molecule has 31 heavy (non-hydrogen) atoms. The molecule has 1 N–H and O–H groups in total. The van der Waals surface area contributed by atoms with E-state index in [0.717, 1.165) is 22.6 Å². The number of amides is 1. The minimum absolute atomic E-state index is 0.0724. The lowest BCUT2D eigenvalue weighted by molar-refractivity contribution is -0.385. The van der Waals surface area contributed by atoms with Gasteiger partial charge in [0.15, 0.2) is 5.75 Å². The summed E-state index contributed by atoms with van der Waals surface area (Å²) in [6.45, 7) is 1.17. The molecule has 0 saturated carbocycles. The molecule has 0 aromatic heterocycles. The summed E-state index contributed by atoms with van der Waals surface area (Å²) in [5, 5.41) is 17.4. The Labute approximate surface area is 177 Å². The van der Waals surface area contributed by atoms with Crippen LogP contribution in [-0.4, -0.2) is 30.1 Å². The molecule has 0 aliphatic carbocycles. The van der Waals surface area contributed by atoms with Crippen molar-refractivity contribution in [3.63, 3.8) is 0 Å². The molecule has 3 aromatic carbocycles. The zero-order chi connectivity index (χ0) is 22.4. The number of methoxy groups -OCH3 is 1. The summed E-state index contributed by atoms with van der Waals surface area (Å²) in [5.74, 6) is -1.32. The molecule has 0 heterocycles. The fourth-order valence-corrected chi connectivity index (χ4v) is 3.13. The van der Waals surface area contributed by atoms with Gasteiger partial charge >= 0.3 is 11.7 Å². The Balaban J connectivity index is 1.79. The largest absolute Gasteiger partial charge is 0.488 e. The second kappa shape index (κ2) is 9.49. The Morgan fingerprint density at radius 2 is 1.87 bits per heavy atom. The van der Waals surface area contributed by atoms with E-state index in [1.54, 1.807) is 0 Å². The maximum Gasteiger partial charge on any atom is 0.323 e. The van der Waals surface area contributed by atoms with Crippen molar-refractivity contribution in [2.75, 3.05) is 7.11 Å². The maximum absolute atomic E-state index is 12.3. The van der Waals surface area contributed by atoms with Gasteiger partial charge in [0.05, 0.1) is 30.2 Å². The van der Waals surface area contributed by atoms with Crippen LogP contribution in [0.25, 0.3) is 10.8 Å². The molecule has 0 unspecified atom stereocenters. The number of ether oxygens (including phenoxy) is 2. The standard InChI is InChI=1S/C22H19N3O6/c1-14(26)31-19-11-10-17(21(25(28)29)22(19)30-2)13-23-24-20(27)12-16-8-5-7-15-6-3-4-9-18(15)16/h3-11,13H,12H2,1-2H3,(H,24,27)/b23-13-. The number of hydrogen-bond donors (Lipinski definition) is 1. The molecule has 0 radical (unpaired) electrons. The van der Waals surface area contributed by atoms with Crippen molar-refractivity contribution in [2.45, 2.75) is 13.3 Å². The van der Waals surface area contributed by atoms with Crippen LogP contribution in [0.4, 0.5) is 5.69 Å². The molecule has 9 nitrogen and oxygen atoms in total. The lowest BCUT2D eigenvalue weighted by Crippen LogP contribution is -2.20. The van der Waals surface area contributed by atoms with Crippen LogP contribution in [0.15, 0.2) is 59.7 Å². The number of nitro groups is 1. The number of nitrogens with one attached hydrogen (secondary N) is 1. The van der Waals surface area contributed by atoms with Crippen molar-refractivity contribution in [1.82, 2.24) is 5.43 Å². The molecule has 0 atom stereocenters. The first-order valence-corrected chi connectivity index (χ1v) is 9.23. The van der Waals surface area contributed by atoms with Crippen LogP contribution in [0.1, 0.15) is 18.1 Å². The van der Waals surface area contributed by atoms with E-state index < -0.39 is 16.6 Å². The van der Waals surface area contributed by atoms with Crippen molar-refractivity contribution < 1.29 is 24.0 Å². The van der Waals surface area contributed by atoms with Crippen LogP contribution in [0.3, 0.4) is 0 Å². The van der Waals surface area contributed by atoms with Gasteiger partial charge in [-0.25, -0.2) is 5.43 Å². The fraction of sp³-hybridized carbons (Fsp3) is 0.136. The monoisotopic (exact) mass is 421 g/mol. The third kappa shape index (κ3) is 5.02. The van der Waals surface area contributed by atoms with Crippen molar-refractivity contribution in [3.05, 3.63) is 75.8 Å². The summed E-state index contributed by atoms with van der Waals surface area (Å²) in [7, 11) is 1.22. The van der Waals surface area contributed by atoms with Crippen molar-refractivity contribution in [1.29, 1.82) is 0 Å². The molecule has 0 aliphatic rings. The number of benzene rings is 3. The summed E-state index contributed by atoms with van der Waals surface area (Å²) < 4.78 is 10.0. The predicted octanol–water partition coefficient (Wildman–Crippen LogP) is 3.37. The molecule has 0 bridgehead atoms. The normalized spacial score (nSPS) is 10.8. The minimum Gasteiger partial charge on any atom is -0.488 e. The zero-order valence-electron chi connectivity index (χ0n) is 16.8. The van der Waals surface area contributed by atoms with Crippen LogP contribution in [-0.2, 0) is 16.0 Å². The van der Waals surface area contributed by atoms with Gasteiger partial charge in [0.2, 0.25) is 11.7 Å². The highest BCUT2D eigenvalue weighted by molar-refractivity contribution is 5.92. The lowest BCUT2D eigenvalue weighted by Gasteiger charge is -2.09. The van der Waals surface area contributed by atoms with Crippen LogP contribution < -0.4 is 14.9 Å². The summed E-state index contributed by atoms with van der Waals surface area (Å²) >= 11 is 0. The molecular weight excluding hydrogens is 402 g/mol. The number of fused-ring (bicyclic) bond motifs is 1. The Morgan fingerprint density at radius 1 is 1.13 bits per heavy atom. The number of carbonyl (C=O) groups excluding carboxylic acids is 2. The van der Waals surface area contributed by atoms with Crippen LogP contribution in [0.2, 0.25) is 0 Å². The number of esters is 1. The van der Waals surface area contributed by atoms with E-state index in [-0.39, 0.29) is 29.4 Å². The number of nitro benzene ring substituents is 1. The topological polar surface area (TPSA) is 120 Å². The highest BCUT2D eigenvalue weighted by Gasteiger charge is 2.25. The summed E-state index contributed by atoms with van der Waals surface area (Å²) in [5.41, 5.74) is 2.85. The predicted molar refractivity (Wildman–Crippen MR) is 114 cm³/mol. The van der Waals surface area contributed by atoms with Gasteiger partial charge in [-0.05, 0) is 28.5 Å². The average molecular weight is 421 g/mol. The molecular formula is C22H19N3O6. The SMILES string of the molecule is COc1c(OC(C)=O)ccc(/C=N\NC(=O)Cc2cccc3ccccc23)c1[N+](=O)[O-]. The van der Waals surface area contributed by atoms with E-state index >= 15 is 0 Å². The Kier molecular flexibility index (Phi) is 6.56. The van der Waals surface area contributed by atoms with Crippen LogP contribution in [0.5, 0.6) is 11.5 Å². The van der Waals surface area contributed by atoms with E-state index in [9.17, 15) is 19.7 Å². The number of carbonyl (C=O) groups is 2. The smallest absolute Gasteiger partial charge is 0.323 e. The first kappa shape index (κ1) is 21.4. The van der Waals surface area contributed by atoms with Crippen LogP contribution in [0, 0.1) is 10.1 Å².